The highest BCUT2D eigenvalue weighted by atomic mass is 16.5. The molecule has 1 N–H and O–H groups in total. The molecule has 1 heterocycles. The first kappa shape index (κ1) is 19.8. The number of amides is 2. The van der Waals surface area contributed by atoms with E-state index < -0.39 is 0 Å². The van der Waals surface area contributed by atoms with Gasteiger partial charge in [-0.05, 0) is 51.3 Å². The molecule has 0 aliphatic rings. The van der Waals surface area contributed by atoms with Gasteiger partial charge in [0.15, 0.2) is 0 Å². The van der Waals surface area contributed by atoms with Gasteiger partial charge in [-0.1, -0.05) is 18.2 Å². The lowest BCUT2D eigenvalue weighted by Gasteiger charge is -2.18. The molecule has 1 aromatic carbocycles. The summed E-state index contributed by atoms with van der Waals surface area (Å²) in [5.41, 5.74) is 3.31. The summed E-state index contributed by atoms with van der Waals surface area (Å²) in [7, 11) is 1.81. The van der Waals surface area contributed by atoms with E-state index in [0.29, 0.717) is 19.7 Å². The van der Waals surface area contributed by atoms with Gasteiger partial charge in [-0.25, -0.2) is 4.79 Å². The molecule has 1 aromatic heterocycles. The van der Waals surface area contributed by atoms with Crippen LogP contribution in [0.25, 0.3) is 0 Å². The van der Waals surface area contributed by atoms with Gasteiger partial charge in [0.05, 0.1) is 12.3 Å². The molecule has 0 atom stereocenters. The first-order valence-electron chi connectivity index (χ1n) is 9.16. The first-order valence-corrected chi connectivity index (χ1v) is 9.16. The third-order valence-corrected chi connectivity index (χ3v) is 4.26. The van der Waals surface area contributed by atoms with Crippen LogP contribution < -0.4 is 10.1 Å². The van der Waals surface area contributed by atoms with Crippen molar-refractivity contribution in [3.8, 4) is 5.75 Å². The maximum Gasteiger partial charge on any atom is 0.317 e. The van der Waals surface area contributed by atoms with Crippen LogP contribution in [0.3, 0.4) is 0 Å². The van der Waals surface area contributed by atoms with E-state index >= 15 is 0 Å². The summed E-state index contributed by atoms with van der Waals surface area (Å²) in [4.78, 5) is 13.8. The summed E-state index contributed by atoms with van der Waals surface area (Å²) in [6.07, 6.45) is 1.65. The Morgan fingerprint density at radius 1 is 1.23 bits per heavy atom. The number of nitrogens with one attached hydrogen (secondary N) is 1. The van der Waals surface area contributed by atoms with E-state index in [9.17, 15) is 4.79 Å². The first-order chi connectivity index (χ1) is 12.5. The van der Waals surface area contributed by atoms with E-state index in [0.717, 1.165) is 42.1 Å². The maximum atomic E-state index is 12.1. The van der Waals surface area contributed by atoms with Crippen molar-refractivity contribution >= 4 is 6.03 Å². The van der Waals surface area contributed by atoms with Crippen molar-refractivity contribution in [1.29, 1.82) is 0 Å². The van der Waals surface area contributed by atoms with Crippen LogP contribution in [0.2, 0.25) is 0 Å². The molecule has 26 heavy (non-hydrogen) atoms. The summed E-state index contributed by atoms with van der Waals surface area (Å²) in [5, 5.41) is 7.37. The fraction of sp³-hybridized carbons (Fsp3) is 0.500. The van der Waals surface area contributed by atoms with Crippen LogP contribution in [0.4, 0.5) is 4.79 Å². The molecule has 0 radical (unpaired) electrons. The largest absolute Gasteiger partial charge is 0.493 e. The molecule has 0 unspecified atom stereocenters. The minimum atomic E-state index is -0.0470. The van der Waals surface area contributed by atoms with Crippen molar-refractivity contribution in [2.24, 2.45) is 0 Å². The summed E-state index contributed by atoms with van der Waals surface area (Å²) in [6.45, 7) is 8.78. The standard InChI is InChI=1S/C20H30N4O2/c1-16-9-5-6-10-19(16)26-14-8-12-23(4)20(25)21-11-7-13-24-18(3)15-17(2)22-24/h5-6,9-10,15H,7-8,11-14H2,1-4H3,(H,21,25). The van der Waals surface area contributed by atoms with Gasteiger partial charge in [0, 0.05) is 32.4 Å². The number of ether oxygens (including phenoxy) is 1. The summed E-state index contributed by atoms with van der Waals surface area (Å²) >= 11 is 0. The number of urea groups is 1. The Kier molecular flexibility index (Phi) is 7.51. The smallest absolute Gasteiger partial charge is 0.317 e. The number of hydrogen-bond acceptors (Lipinski definition) is 3. The van der Waals surface area contributed by atoms with Gasteiger partial charge in [-0.2, -0.15) is 5.10 Å². The van der Waals surface area contributed by atoms with Crippen LogP contribution in [0.15, 0.2) is 30.3 Å². The lowest BCUT2D eigenvalue weighted by atomic mass is 10.2. The number of benzene rings is 1. The van der Waals surface area contributed by atoms with E-state index in [1.165, 1.54) is 0 Å². The molecular formula is C20H30N4O2. The Morgan fingerprint density at radius 2 is 2.00 bits per heavy atom. The van der Waals surface area contributed by atoms with E-state index in [2.05, 4.69) is 16.5 Å². The number of aromatic nitrogens is 2. The maximum absolute atomic E-state index is 12.1. The normalized spacial score (nSPS) is 10.6. The predicted octanol–water partition coefficient (Wildman–Crippen LogP) is 3.31. The average molecular weight is 358 g/mol. The number of para-hydroxylation sites is 1. The molecule has 2 amide bonds. The number of nitrogens with zero attached hydrogens (tertiary/aromatic N) is 3. The zero-order valence-corrected chi connectivity index (χ0v) is 16.3. The monoisotopic (exact) mass is 358 g/mol. The third kappa shape index (κ3) is 6.10. The molecule has 0 saturated carbocycles. The molecule has 0 spiro atoms. The molecule has 0 bridgehead atoms. The van der Waals surface area contributed by atoms with Crippen LogP contribution in [0, 0.1) is 20.8 Å². The summed E-state index contributed by atoms with van der Waals surface area (Å²) < 4.78 is 7.74. The van der Waals surface area contributed by atoms with E-state index in [-0.39, 0.29) is 6.03 Å². The number of carbonyl (C=O) groups excluding carboxylic acids is 1. The van der Waals surface area contributed by atoms with Crippen LogP contribution >= 0.6 is 0 Å². The zero-order valence-electron chi connectivity index (χ0n) is 16.3. The molecule has 0 aliphatic carbocycles. The highest BCUT2D eigenvalue weighted by Crippen LogP contribution is 2.16. The minimum absolute atomic E-state index is 0.0470. The molecule has 142 valence electrons. The fourth-order valence-corrected chi connectivity index (χ4v) is 2.76. The molecule has 6 nitrogen and oxygen atoms in total. The van der Waals surface area contributed by atoms with Gasteiger partial charge < -0.3 is 15.0 Å². The molecule has 6 heteroatoms. The lowest BCUT2D eigenvalue weighted by Crippen LogP contribution is -2.38. The highest BCUT2D eigenvalue weighted by Gasteiger charge is 2.08. The second-order valence-corrected chi connectivity index (χ2v) is 6.62. The van der Waals surface area contributed by atoms with Crippen LogP contribution in [0.5, 0.6) is 5.75 Å². The molecule has 2 aromatic rings. The zero-order chi connectivity index (χ0) is 18.9. The van der Waals surface area contributed by atoms with Gasteiger partial charge in [0.2, 0.25) is 0 Å². The van der Waals surface area contributed by atoms with Crippen molar-refractivity contribution < 1.29 is 9.53 Å². The fourth-order valence-electron chi connectivity index (χ4n) is 2.76. The quantitative estimate of drug-likeness (QED) is 0.700. The van der Waals surface area contributed by atoms with Crippen molar-refractivity contribution in [3.63, 3.8) is 0 Å². The minimum Gasteiger partial charge on any atom is -0.493 e. The molecule has 0 saturated heterocycles. The topological polar surface area (TPSA) is 59.4 Å². The SMILES string of the molecule is Cc1cc(C)n(CCCNC(=O)N(C)CCCOc2ccccc2C)n1. The lowest BCUT2D eigenvalue weighted by molar-refractivity contribution is 0.203. The van der Waals surface area contributed by atoms with Crippen LogP contribution in [-0.4, -0.2) is 47.5 Å². The van der Waals surface area contributed by atoms with E-state index in [1.54, 1.807) is 4.90 Å². The predicted molar refractivity (Wildman–Crippen MR) is 104 cm³/mol. The molecule has 2 rings (SSSR count). The van der Waals surface area contributed by atoms with Crippen molar-refractivity contribution in [3.05, 3.63) is 47.3 Å². The number of hydrogen-bond donors (Lipinski definition) is 1. The summed E-state index contributed by atoms with van der Waals surface area (Å²) in [5.74, 6) is 0.906. The average Bonchev–Trinajstić information content (AvgIpc) is 2.94. The highest BCUT2D eigenvalue weighted by molar-refractivity contribution is 5.73. The Hall–Kier alpha value is -2.50. The third-order valence-electron chi connectivity index (χ3n) is 4.26. The molecule has 0 fully saturated rings. The summed E-state index contributed by atoms with van der Waals surface area (Å²) in [6, 6.07) is 9.97. The van der Waals surface area contributed by atoms with Gasteiger partial charge in [-0.15, -0.1) is 0 Å². The second kappa shape index (κ2) is 9.85. The van der Waals surface area contributed by atoms with Gasteiger partial charge in [-0.3, -0.25) is 4.68 Å². The van der Waals surface area contributed by atoms with E-state index in [4.69, 9.17) is 4.74 Å². The molecular weight excluding hydrogens is 328 g/mol. The Balaban J connectivity index is 1.58. The van der Waals surface area contributed by atoms with Crippen LogP contribution in [0.1, 0.15) is 29.8 Å². The van der Waals surface area contributed by atoms with Gasteiger partial charge in [0.25, 0.3) is 0 Å². The Morgan fingerprint density at radius 3 is 2.69 bits per heavy atom. The van der Waals surface area contributed by atoms with E-state index in [1.807, 2.05) is 56.8 Å². The van der Waals surface area contributed by atoms with Crippen molar-refractivity contribution in [2.45, 2.75) is 40.2 Å². The Bertz CT molecular complexity index is 712. The number of rotatable bonds is 9. The van der Waals surface area contributed by atoms with Crippen molar-refractivity contribution in [2.75, 3.05) is 26.7 Å². The molecule has 0 aliphatic heterocycles. The van der Waals surface area contributed by atoms with Crippen molar-refractivity contribution in [1.82, 2.24) is 20.0 Å². The number of carbonyl (C=O) groups is 1. The van der Waals surface area contributed by atoms with Crippen LogP contribution in [-0.2, 0) is 6.54 Å². The van der Waals surface area contributed by atoms with Gasteiger partial charge >= 0.3 is 6.03 Å². The number of aryl methyl sites for hydroxylation is 4. The Labute approximate surface area is 156 Å². The second-order valence-electron chi connectivity index (χ2n) is 6.62. The van der Waals surface area contributed by atoms with Gasteiger partial charge in [0.1, 0.15) is 5.75 Å².